The van der Waals surface area contributed by atoms with Crippen molar-refractivity contribution >= 4 is 11.3 Å². The van der Waals surface area contributed by atoms with Gasteiger partial charge in [0.15, 0.2) is 5.78 Å². The standard InChI is InChI=1S/C20H18N2O/c1-14-8-3-4-9-16(14)20(23)19-15(2)17(11-7-12-21)22-13-6-5-10-18(19)22/h3-6,8-10,13H,7,11H2,1-2H3. The molecule has 0 unspecified atom stereocenters. The molecule has 0 N–H and O–H groups in total. The molecule has 1 aromatic carbocycles. The third-order valence-corrected chi connectivity index (χ3v) is 4.31. The van der Waals surface area contributed by atoms with Crippen molar-refractivity contribution in [3.05, 3.63) is 76.6 Å². The molecule has 3 heteroatoms. The molecular formula is C20H18N2O. The van der Waals surface area contributed by atoms with E-state index in [0.29, 0.717) is 12.8 Å². The van der Waals surface area contributed by atoms with E-state index in [1.54, 1.807) is 0 Å². The molecular weight excluding hydrogens is 284 g/mol. The minimum atomic E-state index is 0.0486. The van der Waals surface area contributed by atoms with E-state index in [2.05, 4.69) is 6.07 Å². The molecule has 3 aromatic rings. The summed E-state index contributed by atoms with van der Waals surface area (Å²) in [6.45, 7) is 3.93. The fraction of sp³-hybridized carbons (Fsp3) is 0.200. The molecule has 3 rings (SSSR count). The molecule has 0 amide bonds. The minimum Gasteiger partial charge on any atom is -0.320 e. The zero-order chi connectivity index (χ0) is 16.4. The van der Waals surface area contributed by atoms with Crippen LogP contribution in [0.2, 0.25) is 0 Å². The third kappa shape index (κ3) is 2.53. The van der Waals surface area contributed by atoms with E-state index in [1.165, 1.54) is 0 Å². The van der Waals surface area contributed by atoms with Crippen LogP contribution in [0.3, 0.4) is 0 Å². The van der Waals surface area contributed by atoms with Gasteiger partial charge in [-0.15, -0.1) is 0 Å². The summed E-state index contributed by atoms with van der Waals surface area (Å²) in [6, 6.07) is 15.7. The monoisotopic (exact) mass is 302 g/mol. The molecule has 2 heterocycles. The number of nitrogens with zero attached hydrogens (tertiary/aromatic N) is 2. The number of ketones is 1. The number of hydrogen-bond donors (Lipinski definition) is 0. The number of benzene rings is 1. The molecule has 0 spiro atoms. The molecule has 2 aromatic heterocycles. The van der Waals surface area contributed by atoms with Crippen molar-refractivity contribution in [2.75, 3.05) is 0 Å². The maximum absolute atomic E-state index is 13.1. The van der Waals surface area contributed by atoms with Gasteiger partial charge in [0.2, 0.25) is 0 Å². The van der Waals surface area contributed by atoms with Crippen molar-refractivity contribution in [2.24, 2.45) is 0 Å². The summed E-state index contributed by atoms with van der Waals surface area (Å²) in [5.74, 6) is 0.0486. The second-order valence-electron chi connectivity index (χ2n) is 5.70. The Labute approximate surface area is 135 Å². The van der Waals surface area contributed by atoms with E-state index in [0.717, 1.165) is 33.5 Å². The number of pyridine rings is 1. The van der Waals surface area contributed by atoms with Gasteiger partial charge >= 0.3 is 0 Å². The van der Waals surface area contributed by atoms with Crippen LogP contribution in [0.15, 0.2) is 48.7 Å². The van der Waals surface area contributed by atoms with E-state index in [9.17, 15) is 4.79 Å². The third-order valence-electron chi connectivity index (χ3n) is 4.31. The highest BCUT2D eigenvalue weighted by atomic mass is 16.1. The van der Waals surface area contributed by atoms with Crippen LogP contribution in [-0.2, 0) is 6.42 Å². The molecule has 0 aliphatic rings. The second-order valence-corrected chi connectivity index (χ2v) is 5.70. The van der Waals surface area contributed by atoms with E-state index < -0.39 is 0 Å². The van der Waals surface area contributed by atoms with Crippen LogP contribution in [0.5, 0.6) is 0 Å². The smallest absolute Gasteiger partial charge is 0.195 e. The number of carbonyl (C=O) groups excluding carboxylic acids is 1. The first-order chi connectivity index (χ1) is 11.1. The highest BCUT2D eigenvalue weighted by Crippen LogP contribution is 2.27. The van der Waals surface area contributed by atoms with Gasteiger partial charge in [-0.3, -0.25) is 4.79 Å². The van der Waals surface area contributed by atoms with Gasteiger partial charge in [-0.05, 0) is 37.1 Å². The molecule has 0 atom stereocenters. The molecule has 0 aliphatic heterocycles. The summed E-state index contributed by atoms with van der Waals surface area (Å²) in [6.07, 6.45) is 3.05. The fourth-order valence-corrected chi connectivity index (χ4v) is 3.13. The highest BCUT2D eigenvalue weighted by Gasteiger charge is 2.22. The Morgan fingerprint density at radius 3 is 2.61 bits per heavy atom. The van der Waals surface area contributed by atoms with Crippen LogP contribution in [0.25, 0.3) is 5.52 Å². The van der Waals surface area contributed by atoms with Gasteiger partial charge in [-0.2, -0.15) is 5.26 Å². The first-order valence-corrected chi connectivity index (χ1v) is 7.71. The van der Waals surface area contributed by atoms with Crippen molar-refractivity contribution < 1.29 is 4.79 Å². The number of fused-ring (bicyclic) bond motifs is 1. The Balaban J connectivity index is 2.22. The molecule has 3 nitrogen and oxygen atoms in total. The van der Waals surface area contributed by atoms with E-state index in [1.807, 2.05) is 66.9 Å². The Morgan fingerprint density at radius 1 is 1.13 bits per heavy atom. The fourth-order valence-electron chi connectivity index (χ4n) is 3.13. The zero-order valence-corrected chi connectivity index (χ0v) is 13.3. The molecule has 0 saturated carbocycles. The number of nitriles is 1. The largest absolute Gasteiger partial charge is 0.320 e. The summed E-state index contributed by atoms with van der Waals surface area (Å²) in [5.41, 5.74) is 5.38. The molecule has 0 bridgehead atoms. The van der Waals surface area contributed by atoms with Gasteiger partial charge in [0.05, 0.1) is 17.1 Å². The molecule has 0 radical (unpaired) electrons. The lowest BCUT2D eigenvalue weighted by Gasteiger charge is -2.05. The van der Waals surface area contributed by atoms with Gasteiger partial charge in [0.1, 0.15) is 0 Å². The Kier molecular flexibility index (Phi) is 3.99. The van der Waals surface area contributed by atoms with E-state index in [-0.39, 0.29) is 5.78 Å². The lowest BCUT2D eigenvalue weighted by molar-refractivity contribution is 0.103. The Bertz CT molecular complexity index is 928. The van der Waals surface area contributed by atoms with Gasteiger partial charge < -0.3 is 4.40 Å². The van der Waals surface area contributed by atoms with Crippen LogP contribution >= 0.6 is 0 Å². The van der Waals surface area contributed by atoms with Crippen molar-refractivity contribution in [1.29, 1.82) is 5.26 Å². The predicted molar refractivity (Wildman–Crippen MR) is 90.7 cm³/mol. The normalized spacial score (nSPS) is 10.7. The van der Waals surface area contributed by atoms with Crippen LogP contribution in [0.1, 0.15) is 39.2 Å². The SMILES string of the molecule is Cc1ccccc1C(=O)c1c(C)c(CCC#N)n2ccccc12. The molecule has 0 saturated heterocycles. The summed E-state index contributed by atoms with van der Waals surface area (Å²) in [4.78, 5) is 13.1. The number of carbonyl (C=O) groups is 1. The average Bonchev–Trinajstić information content (AvgIpc) is 2.84. The summed E-state index contributed by atoms with van der Waals surface area (Å²) in [5, 5.41) is 8.89. The summed E-state index contributed by atoms with van der Waals surface area (Å²) < 4.78 is 2.04. The predicted octanol–water partition coefficient (Wildman–Crippen LogP) is 4.24. The first-order valence-electron chi connectivity index (χ1n) is 7.71. The van der Waals surface area contributed by atoms with Crippen LogP contribution in [0.4, 0.5) is 0 Å². The second kappa shape index (κ2) is 6.10. The molecule has 23 heavy (non-hydrogen) atoms. The maximum Gasteiger partial charge on any atom is 0.195 e. The quantitative estimate of drug-likeness (QED) is 0.676. The van der Waals surface area contributed by atoms with Crippen molar-refractivity contribution in [3.63, 3.8) is 0 Å². The molecule has 0 aliphatic carbocycles. The van der Waals surface area contributed by atoms with Gasteiger partial charge in [0.25, 0.3) is 0 Å². The van der Waals surface area contributed by atoms with Gasteiger partial charge in [-0.1, -0.05) is 30.3 Å². The van der Waals surface area contributed by atoms with Crippen LogP contribution in [-0.4, -0.2) is 10.2 Å². The average molecular weight is 302 g/mol. The lowest BCUT2D eigenvalue weighted by atomic mass is 9.96. The summed E-state index contributed by atoms with van der Waals surface area (Å²) in [7, 11) is 0. The maximum atomic E-state index is 13.1. The van der Waals surface area contributed by atoms with Crippen molar-refractivity contribution in [3.8, 4) is 6.07 Å². The Hall–Kier alpha value is -2.86. The van der Waals surface area contributed by atoms with E-state index >= 15 is 0 Å². The van der Waals surface area contributed by atoms with Crippen LogP contribution in [0, 0.1) is 25.2 Å². The van der Waals surface area contributed by atoms with Crippen molar-refractivity contribution in [2.45, 2.75) is 26.7 Å². The number of aryl methyl sites for hydroxylation is 2. The summed E-state index contributed by atoms with van der Waals surface area (Å²) >= 11 is 0. The lowest BCUT2D eigenvalue weighted by Crippen LogP contribution is -2.04. The van der Waals surface area contributed by atoms with Gasteiger partial charge in [0, 0.05) is 30.3 Å². The van der Waals surface area contributed by atoms with Crippen LogP contribution < -0.4 is 0 Å². The Morgan fingerprint density at radius 2 is 1.87 bits per heavy atom. The van der Waals surface area contributed by atoms with E-state index in [4.69, 9.17) is 5.26 Å². The highest BCUT2D eigenvalue weighted by molar-refractivity contribution is 6.15. The number of hydrogen-bond acceptors (Lipinski definition) is 2. The first kappa shape index (κ1) is 15.1. The molecule has 0 fully saturated rings. The molecule has 114 valence electrons. The topological polar surface area (TPSA) is 45.3 Å². The van der Waals surface area contributed by atoms with Gasteiger partial charge in [-0.25, -0.2) is 0 Å². The number of rotatable bonds is 4. The number of aromatic nitrogens is 1. The zero-order valence-electron chi connectivity index (χ0n) is 13.3. The minimum absolute atomic E-state index is 0.0486. The van der Waals surface area contributed by atoms with Crippen molar-refractivity contribution in [1.82, 2.24) is 4.40 Å².